The molecule has 1 heterocycles. The highest BCUT2D eigenvalue weighted by atomic mass is 32.1. The topological polar surface area (TPSA) is 62.2 Å². The Hall–Kier alpha value is -1.72. The lowest BCUT2D eigenvalue weighted by molar-refractivity contribution is 0.0353. The Kier molecular flexibility index (Phi) is 3.78. The Labute approximate surface area is 127 Å². The minimum Gasteiger partial charge on any atom is -0.388 e. The average molecular weight is 302 g/mol. The zero-order valence-electron chi connectivity index (χ0n) is 11.9. The number of hydrogen-bond donors (Lipinski definition) is 2. The van der Waals surface area contributed by atoms with Crippen LogP contribution in [0.15, 0.2) is 35.7 Å². The van der Waals surface area contributed by atoms with Gasteiger partial charge in [-0.15, -0.1) is 11.3 Å². The summed E-state index contributed by atoms with van der Waals surface area (Å²) in [5, 5.41) is 15.6. The second kappa shape index (κ2) is 5.58. The van der Waals surface area contributed by atoms with Crippen LogP contribution in [0.5, 0.6) is 0 Å². The van der Waals surface area contributed by atoms with Crippen molar-refractivity contribution in [3.63, 3.8) is 0 Å². The van der Waals surface area contributed by atoms with Crippen LogP contribution in [0.4, 0.5) is 0 Å². The third-order valence-electron chi connectivity index (χ3n) is 3.82. The van der Waals surface area contributed by atoms with Crippen LogP contribution >= 0.6 is 11.3 Å². The molecule has 0 spiro atoms. The minimum absolute atomic E-state index is 0.227. The highest BCUT2D eigenvalue weighted by Crippen LogP contribution is 2.39. The number of amides is 1. The number of rotatable bonds is 5. The molecule has 2 N–H and O–H groups in total. The summed E-state index contributed by atoms with van der Waals surface area (Å²) in [6.07, 6.45) is 2.08. The van der Waals surface area contributed by atoms with Gasteiger partial charge in [-0.2, -0.15) is 0 Å². The molecule has 1 aromatic heterocycles. The number of aliphatic hydroxyl groups is 1. The monoisotopic (exact) mass is 302 g/mol. The van der Waals surface area contributed by atoms with Gasteiger partial charge in [0, 0.05) is 17.5 Å². The number of nitrogens with one attached hydrogen (secondary N) is 1. The predicted molar refractivity (Wildman–Crippen MR) is 83.2 cm³/mol. The third kappa shape index (κ3) is 3.31. The molecule has 1 saturated carbocycles. The van der Waals surface area contributed by atoms with Gasteiger partial charge < -0.3 is 10.4 Å². The smallest absolute Gasteiger partial charge is 0.270 e. The van der Waals surface area contributed by atoms with Gasteiger partial charge >= 0.3 is 0 Å². The fourth-order valence-electron chi connectivity index (χ4n) is 2.29. The van der Waals surface area contributed by atoms with Gasteiger partial charge in [0.2, 0.25) is 0 Å². The molecule has 21 heavy (non-hydrogen) atoms. The molecular formula is C16H18N2O2S. The maximum Gasteiger partial charge on any atom is 0.270 e. The summed E-state index contributed by atoms with van der Waals surface area (Å²) in [7, 11) is 0. The Morgan fingerprint density at radius 2 is 2.14 bits per heavy atom. The van der Waals surface area contributed by atoms with Crippen LogP contribution in [-0.4, -0.2) is 28.1 Å². The average Bonchev–Trinajstić information content (AvgIpc) is 3.24. The van der Waals surface area contributed by atoms with Crippen LogP contribution in [0.3, 0.4) is 0 Å². The van der Waals surface area contributed by atoms with Crippen LogP contribution in [0.2, 0.25) is 0 Å². The fraction of sp³-hybridized carbons (Fsp3) is 0.375. The van der Waals surface area contributed by atoms with Gasteiger partial charge in [-0.3, -0.25) is 4.79 Å². The van der Waals surface area contributed by atoms with Crippen LogP contribution < -0.4 is 5.32 Å². The molecule has 0 unspecified atom stereocenters. The second-order valence-electron chi connectivity index (χ2n) is 5.72. The molecule has 1 atom stereocenters. The first-order valence-electron chi connectivity index (χ1n) is 7.08. The lowest BCUT2D eigenvalue weighted by Gasteiger charge is -2.22. The van der Waals surface area contributed by atoms with E-state index in [1.807, 2.05) is 30.3 Å². The van der Waals surface area contributed by atoms with Crippen molar-refractivity contribution in [3.8, 4) is 10.6 Å². The van der Waals surface area contributed by atoms with Crippen LogP contribution in [0, 0.1) is 5.92 Å². The van der Waals surface area contributed by atoms with Crippen molar-refractivity contribution in [3.05, 3.63) is 41.4 Å². The van der Waals surface area contributed by atoms with Crippen molar-refractivity contribution < 1.29 is 9.90 Å². The molecule has 1 aromatic carbocycles. The Bertz CT molecular complexity index is 633. The van der Waals surface area contributed by atoms with Gasteiger partial charge in [0.1, 0.15) is 10.7 Å². The highest BCUT2D eigenvalue weighted by Gasteiger charge is 2.40. The maximum absolute atomic E-state index is 12.1. The summed E-state index contributed by atoms with van der Waals surface area (Å²) in [4.78, 5) is 16.5. The molecule has 0 bridgehead atoms. The van der Waals surface area contributed by atoms with Gasteiger partial charge in [-0.25, -0.2) is 4.98 Å². The maximum atomic E-state index is 12.1. The number of nitrogens with zero attached hydrogens (tertiary/aromatic N) is 1. The van der Waals surface area contributed by atoms with Gasteiger partial charge in [-0.05, 0) is 25.7 Å². The Morgan fingerprint density at radius 3 is 2.81 bits per heavy atom. The molecule has 1 fully saturated rings. The number of hydrogen-bond acceptors (Lipinski definition) is 4. The zero-order chi connectivity index (χ0) is 14.9. The largest absolute Gasteiger partial charge is 0.388 e. The Balaban J connectivity index is 1.64. The van der Waals surface area contributed by atoms with Crippen LogP contribution in [-0.2, 0) is 0 Å². The first-order valence-corrected chi connectivity index (χ1v) is 7.96. The Morgan fingerprint density at radius 1 is 1.43 bits per heavy atom. The number of carbonyl (C=O) groups is 1. The molecule has 4 nitrogen and oxygen atoms in total. The lowest BCUT2D eigenvalue weighted by Crippen LogP contribution is -2.42. The van der Waals surface area contributed by atoms with E-state index in [4.69, 9.17) is 0 Å². The molecule has 0 radical (unpaired) electrons. The summed E-state index contributed by atoms with van der Waals surface area (Å²) in [6.45, 7) is 2.05. The van der Waals surface area contributed by atoms with E-state index in [0.717, 1.165) is 23.4 Å². The lowest BCUT2D eigenvalue weighted by atomic mass is 10.0. The number of thiazole rings is 1. The van der Waals surface area contributed by atoms with Crippen molar-refractivity contribution in [1.82, 2.24) is 10.3 Å². The molecule has 1 amide bonds. The summed E-state index contributed by atoms with van der Waals surface area (Å²) < 4.78 is 0. The molecular weight excluding hydrogens is 284 g/mol. The van der Waals surface area contributed by atoms with E-state index in [-0.39, 0.29) is 12.5 Å². The van der Waals surface area contributed by atoms with Crippen molar-refractivity contribution in [2.75, 3.05) is 6.54 Å². The summed E-state index contributed by atoms with van der Waals surface area (Å²) >= 11 is 1.45. The van der Waals surface area contributed by atoms with E-state index in [2.05, 4.69) is 10.3 Å². The number of carbonyl (C=O) groups excluding carboxylic acids is 1. The van der Waals surface area contributed by atoms with Gasteiger partial charge in [0.25, 0.3) is 5.91 Å². The summed E-state index contributed by atoms with van der Waals surface area (Å²) in [6, 6.07) is 9.79. The third-order valence-corrected chi connectivity index (χ3v) is 4.71. The van der Waals surface area contributed by atoms with E-state index < -0.39 is 5.60 Å². The SMILES string of the molecule is C[C@@](O)(CNC(=O)c1csc(-c2ccccc2)n1)C1CC1. The quantitative estimate of drug-likeness (QED) is 0.892. The fourth-order valence-corrected chi connectivity index (χ4v) is 3.10. The molecule has 0 aliphatic heterocycles. The molecule has 110 valence electrons. The van der Waals surface area contributed by atoms with E-state index in [9.17, 15) is 9.90 Å². The molecule has 3 rings (SSSR count). The van der Waals surface area contributed by atoms with Crippen molar-refractivity contribution >= 4 is 17.2 Å². The van der Waals surface area contributed by atoms with Crippen LogP contribution in [0.25, 0.3) is 10.6 Å². The molecule has 5 heteroatoms. The number of aromatic nitrogens is 1. The number of benzene rings is 1. The normalized spacial score (nSPS) is 17.2. The van der Waals surface area contributed by atoms with Crippen molar-refractivity contribution in [2.24, 2.45) is 5.92 Å². The van der Waals surface area contributed by atoms with Gasteiger partial charge in [-0.1, -0.05) is 30.3 Å². The predicted octanol–water partition coefficient (Wildman–Crippen LogP) is 2.70. The molecule has 2 aromatic rings. The standard InChI is InChI=1S/C16H18N2O2S/c1-16(20,12-7-8-12)10-17-14(19)13-9-21-15(18-13)11-5-3-2-4-6-11/h2-6,9,12,20H,7-8,10H2,1H3,(H,17,19)/t16-/m1/s1. The summed E-state index contributed by atoms with van der Waals surface area (Å²) in [5.41, 5.74) is 0.602. The van der Waals surface area contributed by atoms with Gasteiger partial charge in [0.15, 0.2) is 0 Å². The first-order chi connectivity index (χ1) is 10.1. The van der Waals surface area contributed by atoms with Crippen molar-refractivity contribution in [2.45, 2.75) is 25.4 Å². The van der Waals surface area contributed by atoms with E-state index >= 15 is 0 Å². The van der Waals surface area contributed by atoms with E-state index in [1.165, 1.54) is 11.3 Å². The molecule has 1 aliphatic carbocycles. The summed E-state index contributed by atoms with van der Waals surface area (Å²) in [5.74, 6) is 0.0856. The van der Waals surface area contributed by atoms with Gasteiger partial charge in [0.05, 0.1) is 5.60 Å². The first kappa shape index (κ1) is 14.2. The van der Waals surface area contributed by atoms with Crippen molar-refractivity contribution in [1.29, 1.82) is 0 Å². The van der Waals surface area contributed by atoms with Crippen LogP contribution in [0.1, 0.15) is 30.3 Å². The molecule has 1 aliphatic rings. The minimum atomic E-state index is -0.812. The second-order valence-corrected chi connectivity index (χ2v) is 6.58. The van der Waals surface area contributed by atoms with E-state index in [1.54, 1.807) is 12.3 Å². The molecule has 0 saturated heterocycles. The zero-order valence-corrected chi connectivity index (χ0v) is 12.7. The highest BCUT2D eigenvalue weighted by molar-refractivity contribution is 7.13. The van der Waals surface area contributed by atoms with E-state index in [0.29, 0.717) is 11.6 Å².